The van der Waals surface area contributed by atoms with E-state index in [-0.39, 0.29) is 60.3 Å². The Labute approximate surface area is 309 Å². The number of fused-ring (bicyclic) bond motifs is 1. The fraction of sp³-hybridized carbons (Fsp3) is 0.611. The Morgan fingerprint density at radius 2 is 0.981 bits per heavy atom. The van der Waals surface area contributed by atoms with E-state index in [1.165, 1.54) is 28.1 Å². The highest BCUT2D eigenvalue weighted by Gasteiger charge is 2.50. The van der Waals surface area contributed by atoms with Crippen LogP contribution in [0, 0.1) is 11.8 Å². The summed E-state index contributed by atoms with van der Waals surface area (Å²) in [7, 11) is 2.88. The molecule has 2 aromatic carbocycles. The van der Waals surface area contributed by atoms with Gasteiger partial charge in [-0.1, -0.05) is 12.1 Å². The van der Waals surface area contributed by atoms with Crippen LogP contribution in [0.5, 0.6) is 23.0 Å². The van der Waals surface area contributed by atoms with Gasteiger partial charge in [0.2, 0.25) is 12.6 Å². The molecule has 4 saturated heterocycles. The Morgan fingerprint density at radius 3 is 1.33 bits per heavy atom. The standard InChI is InChI=1S/C36H46O18/c1-15(37)47-13-25-27(39)29(41)31(43)35(53-25)51-21-7-5-17(9-23(21)45-3)33-19-11-50-34(20(19)12-49-33)18-6-8-22(24(10-18)46-4)52-36-32(44)30(42)28(40)26(54-36)14-48-16(2)38/h5-10,19-20,25-36,39-44H,11-14H2,1-4H3/t19-,20+,25-,26-,27-,28-,29+,30+,31-,32-,33+,34+,35-,36-/m1/s1. The third-order valence-electron chi connectivity index (χ3n) is 10.0. The van der Waals surface area contributed by atoms with E-state index in [1.54, 1.807) is 36.4 Å². The van der Waals surface area contributed by atoms with Crippen LogP contribution < -0.4 is 18.9 Å². The molecule has 6 N–H and O–H groups in total. The highest BCUT2D eigenvalue weighted by molar-refractivity contribution is 5.66. The van der Waals surface area contributed by atoms with Gasteiger partial charge in [0, 0.05) is 25.7 Å². The molecule has 4 aliphatic heterocycles. The van der Waals surface area contributed by atoms with Crippen molar-refractivity contribution in [2.45, 2.75) is 87.5 Å². The molecule has 0 aliphatic carbocycles. The molecule has 4 fully saturated rings. The summed E-state index contributed by atoms with van der Waals surface area (Å²) in [6.45, 7) is 2.41. The number of carbonyl (C=O) groups excluding carboxylic acids is 2. The van der Waals surface area contributed by atoms with E-state index in [0.29, 0.717) is 13.2 Å². The van der Waals surface area contributed by atoms with Crippen LogP contribution in [-0.2, 0) is 38.0 Å². The molecule has 18 nitrogen and oxygen atoms in total. The third-order valence-corrected chi connectivity index (χ3v) is 10.0. The van der Waals surface area contributed by atoms with Crippen LogP contribution in [0.2, 0.25) is 0 Å². The summed E-state index contributed by atoms with van der Waals surface area (Å²) in [4.78, 5) is 22.6. The van der Waals surface area contributed by atoms with Gasteiger partial charge in [-0.2, -0.15) is 0 Å². The molecule has 0 unspecified atom stereocenters. The van der Waals surface area contributed by atoms with Crippen molar-refractivity contribution in [1.29, 1.82) is 0 Å². The number of hydrogen-bond acceptors (Lipinski definition) is 18. The van der Waals surface area contributed by atoms with E-state index in [4.69, 9.17) is 47.4 Å². The van der Waals surface area contributed by atoms with Gasteiger partial charge in [0.1, 0.15) is 62.0 Å². The van der Waals surface area contributed by atoms with Gasteiger partial charge in [-0.25, -0.2) is 0 Å². The summed E-state index contributed by atoms with van der Waals surface area (Å²) in [5, 5.41) is 62.5. The Morgan fingerprint density at radius 1 is 0.593 bits per heavy atom. The second kappa shape index (κ2) is 16.9. The van der Waals surface area contributed by atoms with Crippen molar-refractivity contribution < 1.29 is 87.6 Å². The van der Waals surface area contributed by atoms with Crippen molar-refractivity contribution in [3.8, 4) is 23.0 Å². The summed E-state index contributed by atoms with van der Waals surface area (Å²) in [5.41, 5.74) is 1.55. The van der Waals surface area contributed by atoms with E-state index in [1.807, 2.05) is 0 Å². The molecule has 4 heterocycles. The number of aliphatic hydroxyl groups is 6. The molecule has 298 valence electrons. The van der Waals surface area contributed by atoms with Crippen molar-refractivity contribution in [2.75, 3.05) is 40.6 Å². The fourth-order valence-electron chi connectivity index (χ4n) is 7.10. The highest BCUT2D eigenvalue weighted by Crippen LogP contribution is 2.52. The normalized spacial score (nSPS) is 36.2. The number of hydrogen-bond donors (Lipinski definition) is 6. The Bertz CT molecular complexity index is 1500. The number of ether oxygens (including phenoxy) is 10. The first-order valence-electron chi connectivity index (χ1n) is 17.4. The lowest BCUT2D eigenvalue weighted by atomic mass is 9.85. The third kappa shape index (κ3) is 8.23. The molecule has 6 rings (SSSR count). The van der Waals surface area contributed by atoms with Gasteiger partial charge < -0.3 is 78.0 Å². The van der Waals surface area contributed by atoms with Gasteiger partial charge in [0.15, 0.2) is 23.0 Å². The Hall–Kier alpha value is -3.82. The van der Waals surface area contributed by atoms with E-state index in [0.717, 1.165) is 11.1 Å². The summed E-state index contributed by atoms with van der Waals surface area (Å²) >= 11 is 0. The maximum atomic E-state index is 11.3. The van der Waals surface area contributed by atoms with Crippen LogP contribution in [-0.4, -0.2) is 145 Å². The number of benzene rings is 2. The number of esters is 2. The van der Waals surface area contributed by atoms with Crippen LogP contribution >= 0.6 is 0 Å². The molecule has 0 bridgehead atoms. The first-order valence-corrected chi connectivity index (χ1v) is 17.4. The van der Waals surface area contributed by atoms with Crippen molar-refractivity contribution in [3.05, 3.63) is 47.5 Å². The summed E-state index contributed by atoms with van der Waals surface area (Å²) in [6.07, 6.45) is -15.4. The molecule has 0 aromatic heterocycles. The summed E-state index contributed by atoms with van der Waals surface area (Å²) in [6, 6.07) is 10.2. The molecule has 2 aromatic rings. The van der Waals surface area contributed by atoms with Gasteiger partial charge in [0.25, 0.3) is 0 Å². The quantitative estimate of drug-likeness (QED) is 0.146. The van der Waals surface area contributed by atoms with Crippen LogP contribution in [0.15, 0.2) is 36.4 Å². The van der Waals surface area contributed by atoms with Gasteiger partial charge >= 0.3 is 11.9 Å². The average Bonchev–Trinajstić information content (AvgIpc) is 3.77. The van der Waals surface area contributed by atoms with Crippen LogP contribution in [0.1, 0.15) is 37.2 Å². The molecule has 0 saturated carbocycles. The summed E-state index contributed by atoms with van der Waals surface area (Å²) < 4.78 is 56.7. The molecule has 4 aliphatic rings. The topological polar surface area (TPSA) is 248 Å². The molecule has 54 heavy (non-hydrogen) atoms. The first kappa shape index (κ1) is 39.9. The minimum atomic E-state index is -1.63. The predicted molar refractivity (Wildman–Crippen MR) is 178 cm³/mol. The molecule has 18 heteroatoms. The Balaban J connectivity index is 1.12. The molecular formula is C36H46O18. The number of carbonyl (C=O) groups is 2. The van der Waals surface area contributed by atoms with Crippen molar-refractivity contribution >= 4 is 11.9 Å². The lowest BCUT2D eigenvalue weighted by Crippen LogP contribution is -2.60. The second-order valence-corrected chi connectivity index (χ2v) is 13.5. The predicted octanol–water partition coefficient (Wildman–Crippen LogP) is -0.722. The first-order chi connectivity index (χ1) is 25.8. The molecular weight excluding hydrogens is 720 g/mol. The zero-order chi connectivity index (χ0) is 38.8. The number of methoxy groups -OCH3 is 2. The number of rotatable bonds is 12. The lowest BCUT2D eigenvalue weighted by molar-refractivity contribution is -0.278. The van der Waals surface area contributed by atoms with Crippen molar-refractivity contribution in [3.63, 3.8) is 0 Å². The number of aliphatic hydroxyl groups excluding tert-OH is 6. The van der Waals surface area contributed by atoms with Crippen molar-refractivity contribution in [2.24, 2.45) is 11.8 Å². The van der Waals surface area contributed by atoms with E-state index in [2.05, 4.69) is 0 Å². The van der Waals surface area contributed by atoms with E-state index >= 15 is 0 Å². The highest BCUT2D eigenvalue weighted by atomic mass is 16.7. The SMILES string of the molecule is COc1cc([C@@H]2OC[C@H]3[C@H]2CO[C@H]3c2ccc(O[C@@H]3O[C@H](COC(C)=O)[C@@H](O)[C@H](O)[C@H]3O)c(OC)c2)ccc1O[C@@H]1O[C@H](COC(C)=O)[C@@H](O)[C@H](O)[C@H]1O. The van der Waals surface area contributed by atoms with Crippen molar-refractivity contribution in [1.82, 2.24) is 0 Å². The van der Waals surface area contributed by atoms with Gasteiger partial charge in [-0.3, -0.25) is 9.59 Å². The van der Waals surface area contributed by atoms with Crippen LogP contribution in [0.3, 0.4) is 0 Å². The lowest BCUT2D eigenvalue weighted by Gasteiger charge is -2.40. The molecule has 0 radical (unpaired) electrons. The van der Waals surface area contributed by atoms with E-state index in [9.17, 15) is 40.2 Å². The largest absolute Gasteiger partial charge is 0.493 e. The zero-order valence-electron chi connectivity index (χ0n) is 30.0. The maximum Gasteiger partial charge on any atom is 0.302 e. The summed E-state index contributed by atoms with van der Waals surface area (Å²) in [5.74, 6) is -0.380. The fourth-order valence-corrected chi connectivity index (χ4v) is 7.10. The van der Waals surface area contributed by atoms with Gasteiger partial charge in [-0.15, -0.1) is 0 Å². The van der Waals surface area contributed by atoms with Gasteiger partial charge in [-0.05, 0) is 35.4 Å². The molecule has 0 amide bonds. The molecule has 0 spiro atoms. The van der Waals surface area contributed by atoms with Gasteiger partial charge in [0.05, 0.1) is 39.6 Å². The minimum Gasteiger partial charge on any atom is -0.493 e. The van der Waals surface area contributed by atoms with Crippen LogP contribution in [0.25, 0.3) is 0 Å². The second-order valence-electron chi connectivity index (χ2n) is 13.5. The molecule has 14 atom stereocenters. The monoisotopic (exact) mass is 766 g/mol. The van der Waals surface area contributed by atoms with Crippen LogP contribution in [0.4, 0.5) is 0 Å². The van der Waals surface area contributed by atoms with E-state index < -0.39 is 73.4 Å². The maximum absolute atomic E-state index is 11.3. The smallest absolute Gasteiger partial charge is 0.302 e. The Kier molecular flexibility index (Phi) is 12.5. The minimum absolute atomic E-state index is 0.0524. The zero-order valence-corrected chi connectivity index (χ0v) is 30.0. The average molecular weight is 767 g/mol.